The standard InChI is InChI=1S/C12H19NO3S/c1-2-3-4-5-6-11-8-7-10-9-16-12(14)13(10)17(11)15/h7-8,10-11H,2-6,9H2,1H3. The Morgan fingerprint density at radius 2 is 2.24 bits per heavy atom. The molecule has 0 aliphatic carbocycles. The van der Waals surface area contributed by atoms with Crippen LogP contribution in [0.2, 0.25) is 0 Å². The van der Waals surface area contributed by atoms with Gasteiger partial charge in [0.2, 0.25) is 0 Å². The zero-order valence-corrected chi connectivity index (χ0v) is 10.9. The number of fused-ring (bicyclic) bond motifs is 1. The Balaban J connectivity index is 1.90. The number of rotatable bonds is 5. The molecule has 4 nitrogen and oxygen atoms in total. The minimum Gasteiger partial charge on any atom is -0.446 e. The molecule has 2 rings (SSSR count). The molecular weight excluding hydrogens is 238 g/mol. The van der Waals surface area contributed by atoms with Crippen molar-refractivity contribution >= 4 is 17.1 Å². The van der Waals surface area contributed by atoms with Gasteiger partial charge in [0.1, 0.15) is 23.6 Å². The van der Waals surface area contributed by atoms with Crippen LogP contribution < -0.4 is 0 Å². The smallest absolute Gasteiger partial charge is 0.422 e. The van der Waals surface area contributed by atoms with E-state index in [1.54, 1.807) is 0 Å². The molecule has 0 aromatic rings. The van der Waals surface area contributed by atoms with E-state index < -0.39 is 17.1 Å². The Kier molecular flexibility index (Phi) is 4.20. The highest BCUT2D eigenvalue weighted by atomic mass is 32.2. The van der Waals surface area contributed by atoms with Crippen LogP contribution in [0.25, 0.3) is 0 Å². The number of hydrogen-bond donors (Lipinski definition) is 0. The van der Waals surface area contributed by atoms with Gasteiger partial charge in [0, 0.05) is 0 Å². The summed E-state index contributed by atoms with van der Waals surface area (Å²) >= 11 is 0. The van der Waals surface area contributed by atoms with Crippen LogP contribution in [-0.2, 0) is 15.7 Å². The van der Waals surface area contributed by atoms with Crippen LogP contribution in [0.1, 0.15) is 39.0 Å². The van der Waals surface area contributed by atoms with E-state index in [0.29, 0.717) is 6.61 Å². The second-order valence-corrected chi connectivity index (χ2v) is 6.07. The minimum absolute atomic E-state index is 0.0197. The van der Waals surface area contributed by atoms with Crippen molar-refractivity contribution in [1.29, 1.82) is 0 Å². The largest absolute Gasteiger partial charge is 0.446 e. The average Bonchev–Trinajstić information content (AvgIpc) is 2.70. The van der Waals surface area contributed by atoms with E-state index in [1.165, 1.54) is 23.6 Å². The molecule has 2 aliphatic rings. The molecule has 0 bridgehead atoms. The average molecular weight is 257 g/mol. The maximum Gasteiger partial charge on any atom is 0.422 e. The summed E-state index contributed by atoms with van der Waals surface area (Å²) in [5.41, 5.74) is 0. The van der Waals surface area contributed by atoms with Crippen LogP contribution in [0.15, 0.2) is 12.2 Å². The maximum atomic E-state index is 12.2. The second-order valence-electron chi connectivity index (χ2n) is 4.52. The molecule has 0 N–H and O–H groups in total. The van der Waals surface area contributed by atoms with E-state index in [4.69, 9.17) is 4.74 Å². The minimum atomic E-state index is -1.25. The zero-order chi connectivity index (χ0) is 12.3. The summed E-state index contributed by atoms with van der Waals surface area (Å²) in [6.07, 6.45) is 9.06. The predicted molar refractivity (Wildman–Crippen MR) is 66.8 cm³/mol. The molecule has 3 atom stereocenters. The van der Waals surface area contributed by atoms with Gasteiger partial charge in [-0.2, -0.15) is 0 Å². The summed E-state index contributed by atoms with van der Waals surface area (Å²) in [6.45, 7) is 2.51. The number of amides is 1. The Labute approximate surface area is 105 Å². The van der Waals surface area contributed by atoms with Crippen molar-refractivity contribution in [2.45, 2.75) is 50.3 Å². The molecule has 2 aliphatic heterocycles. The number of carbonyl (C=O) groups is 1. The normalized spacial score (nSPS) is 31.5. The van der Waals surface area contributed by atoms with Crippen LogP contribution in [-0.4, -0.2) is 32.5 Å². The lowest BCUT2D eigenvalue weighted by atomic mass is 10.1. The Hall–Kier alpha value is -0.840. The number of ether oxygens (including phenoxy) is 1. The van der Waals surface area contributed by atoms with Gasteiger partial charge in [-0.3, -0.25) is 0 Å². The van der Waals surface area contributed by atoms with Gasteiger partial charge < -0.3 is 4.74 Å². The van der Waals surface area contributed by atoms with E-state index in [1.807, 2.05) is 12.2 Å². The second kappa shape index (κ2) is 5.67. The Bertz CT molecular complexity index is 343. The van der Waals surface area contributed by atoms with Crippen molar-refractivity contribution in [2.24, 2.45) is 0 Å². The molecule has 0 saturated carbocycles. The van der Waals surface area contributed by atoms with Crippen molar-refractivity contribution in [1.82, 2.24) is 4.31 Å². The van der Waals surface area contributed by atoms with Crippen molar-refractivity contribution in [3.05, 3.63) is 12.2 Å². The van der Waals surface area contributed by atoms with E-state index in [-0.39, 0.29) is 11.3 Å². The monoisotopic (exact) mass is 257 g/mol. The predicted octanol–water partition coefficient (Wildman–Crippen LogP) is 2.38. The first-order valence-corrected chi connectivity index (χ1v) is 7.46. The van der Waals surface area contributed by atoms with Crippen molar-refractivity contribution in [3.63, 3.8) is 0 Å². The molecule has 5 heteroatoms. The molecule has 1 amide bonds. The topological polar surface area (TPSA) is 46.6 Å². The van der Waals surface area contributed by atoms with Gasteiger partial charge in [-0.15, -0.1) is 0 Å². The highest BCUT2D eigenvalue weighted by molar-refractivity contribution is 7.84. The first-order valence-electron chi connectivity index (χ1n) is 6.29. The Morgan fingerprint density at radius 3 is 3.00 bits per heavy atom. The van der Waals surface area contributed by atoms with Crippen molar-refractivity contribution < 1.29 is 13.7 Å². The number of nitrogens with zero attached hydrogens (tertiary/aromatic N) is 1. The molecule has 1 fully saturated rings. The van der Waals surface area contributed by atoms with Crippen LogP contribution in [0.3, 0.4) is 0 Å². The van der Waals surface area contributed by atoms with Gasteiger partial charge in [0.05, 0.1) is 5.25 Å². The van der Waals surface area contributed by atoms with Gasteiger partial charge in [-0.25, -0.2) is 13.3 Å². The molecule has 0 aromatic heterocycles. The van der Waals surface area contributed by atoms with Crippen LogP contribution in [0, 0.1) is 0 Å². The molecule has 96 valence electrons. The number of unbranched alkanes of at least 4 members (excludes halogenated alkanes) is 3. The molecule has 0 radical (unpaired) electrons. The molecule has 1 saturated heterocycles. The van der Waals surface area contributed by atoms with Crippen LogP contribution in [0.4, 0.5) is 4.79 Å². The molecule has 2 heterocycles. The fourth-order valence-electron chi connectivity index (χ4n) is 2.20. The number of cyclic esters (lactones) is 1. The van der Waals surface area contributed by atoms with Gasteiger partial charge in [0.15, 0.2) is 0 Å². The zero-order valence-electron chi connectivity index (χ0n) is 10.1. The third kappa shape index (κ3) is 2.70. The lowest BCUT2D eigenvalue weighted by molar-refractivity contribution is 0.170. The van der Waals surface area contributed by atoms with Crippen LogP contribution in [0.5, 0.6) is 0 Å². The van der Waals surface area contributed by atoms with Gasteiger partial charge in [-0.1, -0.05) is 44.8 Å². The fourth-order valence-corrected chi connectivity index (χ4v) is 3.68. The summed E-state index contributed by atoms with van der Waals surface area (Å²) in [4.78, 5) is 11.4. The molecule has 17 heavy (non-hydrogen) atoms. The van der Waals surface area contributed by atoms with Crippen molar-refractivity contribution in [3.8, 4) is 0 Å². The van der Waals surface area contributed by atoms with Crippen LogP contribution >= 0.6 is 0 Å². The lowest BCUT2D eigenvalue weighted by Gasteiger charge is -2.26. The molecule has 0 aromatic carbocycles. The summed E-state index contributed by atoms with van der Waals surface area (Å²) in [5, 5.41) is -0.0197. The lowest BCUT2D eigenvalue weighted by Crippen LogP contribution is -2.41. The fraction of sp³-hybridized carbons (Fsp3) is 0.750. The first-order chi connectivity index (χ1) is 8.24. The molecular formula is C12H19NO3S. The third-order valence-electron chi connectivity index (χ3n) is 3.20. The molecule has 0 spiro atoms. The van der Waals surface area contributed by atoms with E-state index in [0.717, 1.165) is 12.8 Å². The summed E-state index contributed by atoms with van der Waals surface area (Å²) in [7, 11) is -1.25. The van der Waals surface area contributed by atoms with Gasteiger partial charge >= 0.3 is 6.09 Å². The summed E-state index contributed by atoms with van der Waals surface area (Å²) < 4.78 is 18.4. The van der Waals surface area contributed by atoms with E-state index >= 15 is 0 Å². The first kappa shape index (κ1) is 12.6. The SMILES string of the molecule is CCCCCCC1C=CC2COC(=O)N2S1=O. The van der Waals surface area contributed by atoms with Gasteiger partial charge in [-0.05, 0) is 6.42 Å². The Morgan fingerprint density at radius 1 is 1.41 bits per heavy atom. The molecule has 3 unspecified atom stereocenters. The summed E-state index contributed by atoms with van der Waals surface area (Å²) in [6, 6.07) is -0.116. The highest BCUT2D eigenvalue weighted by Gasteiger charge is 2.40. The number of carbonyl (C=O) groups excluding carboxylic acids is 1. The number of hydrogen-bond acceptors (Lipinski definition) is 3. The van der Waals surface area contributed by atoms with E-state index in [2.05, 4.69) is 6.92 Å². The maximum absolute atomic E-state index is 12.2. The third-order valence-corrected chi connectivity index (χ3v) is 4.92. The highest BCUT2D eigenvalue weighted by Crippen LogP contribution is 2.26. The van der Waals surface area contributed by atoms with E-state index in [9.17, 15) is 9.00 Å². The summed E-state index contributed by atoms with van der Waals surface area (Å²) in [5.74, 6) is 0. The quantitative estimate of drug-likeness (QED) is 0.561. The van der Waals surface area contributed by atoms with Crippen molar-refractivity contribution in [2.75, 3.05) is 6.61 Å². The van der Waals surface area contributed by atoms with Gasteiger partial charge in [0.25, 0.3) is 0 Å².